The summed E-state index contributed by atoms with van der Waals surface area (Å²) in [6.45, 7) is 0. The molecule has 0 aromatic heterocycles. The summed E-state index contributed by atoms with van der Waals surface area (Å²) in [6, 6.07) is 7.54. The van der Waals surface area contributed by atoms with E-state index in [1.807, 2.05) is 0 Å². The Morgan fingerprint density at radius 1 is 1.00 bits per heavy atom. The van der Waals surface area contributed by atoms with Crippen LogP contribution in [-0.2, 0) is 0 Å². The van der Waals surface area contributed by atoms with Crippen molar-refractivity contribution in [1.29, 1.82) is 0 Å². The van der Waals surface area contributed by atoms with Crippen molar-refractivity contribution in [3.8, 4) is 11.5 Å². The van der Waals surface area contributed by atoms with Crippen molar-refractivity contribution in [1.82, 2.24) is 0 Å². The van der Waals surface area contributed by atoms with Crippen LogP contribution in [0.3, 0.4) is 0 Å². The molecule has 2 rings (SSSR count). The summed E-state index contributed by atoms with van der Waals surface area (Å²) in [7, 11) is 3.04. The van der Waals surface area contributed by atoms with Crippen molar-refractivity contribution in [2.24, 2.45) is 0 Å². The number of alkyl halides is 1. The lowest BCUT2D eigenvalue weighted by Gasteiger charge is -2.18. The van der Waals surface area contributed by atoms with Crippen molar-refractivity contribution < 1.29 is 18.3 Å². The van der Waals surface area contributed by atoms with E-state index in [9.17, 15) is 8.78 Å². The topological polar surface area (TPSA) is 18.5 Å². The summed E-state index contributed by atoms with van der Waals surface area (Å²) in [5, 5.41) is 0. The number of rotatable bonds is 4. The number of halogens is 4. The molecule has 0 spiro atoms. The van der Waals surface area contributed by atoms with Gasteiger partial charge in [-0.25, -0.2) is 8.78 Å². The second kappa shape index (κ2) is 6.75. The van der Waals surface area contributed by atoms with Gasteiger partial charge in [-0.15, -0.1) is 0 Å². The molecule has 0 saturated heterocycles. The highest BCUT2D eigenvalue weighted by Gasteiger charge is 2.23. The van der Waals surface area contributed by atoms with Gasteiger partial charge < -0.3 is 9.47 Å². The molecule has 2 aromatic rings. The van der Waals surface area contributed by atoms with Crippen molar-refractivity contribution in [2.45, 2.75) is 4.83 Å². The van der Waals surface area contributed by atoms with Crippen molar-refractivity contribution in [3.05, 3.63) is 57.6 Å². The van der Waals surface area contributed by atoms with Gasteiger partial charge in [-0.1, -0.05) is 34.1 Å². The van der Waals surface area contributed by atoms with Gasteiger partial charge in [0.25, 0.3) is 0 Å². The Morgan fingerprint density at radius 2 is 1.71 bits per heavy atom. The summed E-state index contributed by atoms with van der Waals surface area (Å²) in [5.41, 5.74) is 0.861. The Labute approximate surface area is 138 Å². The zero-order valence-corrected chi connectivity index (χ0v) is 14.5. The van der Waals surface area contributed by atoms with E-state index in [1.165, 1.54) is 26.4 Å². The summed E-state index contributed by atoms with van der Waals surface area (Å²) in [6.07, 6.45) is 0. The molecule has 0 heterocycles. The van der Waals surface area contributed by atoms with Crippen LogP contribution in [0.5, 0.6) is 11.5 Å². The zero-order chi connectivity index (χ0) is 15.6. The van der Waals surface area contributed by atoms with Crippen LogP contribution in [0.2, 0.25) is 0 Å². The Kier molecular flexibility index (Phi) is 5.22. The van der Waals surface area contributed by atoms with Gasteiger partial charge in [0.2, 0.25) is 0 Å². The minimum atomic E-state index is -0.886. The van der Waals surface area contributed by atoms with Gasteiger partial charge in [0.05, 0.1) is 19.0 Å². The molecule has 6 heteroatoms. The number of hydrogen-bond donors (Lipinski definition) is 0. The van der Waals surface area contributed by atoms with Crippen LogP contribution in [0.15, 0.2) is 34.8 Å². The second-order valence-corrected chi connectivity index (χ2v) is 5.92. The van der Waals surface area contributed by atoms with Crippen LogP contribution in [0.4, 0.5) is 8.78 Å². The molecule has 0 N–H and O–H groups in total. The van der Waals surface area contributed by atoms with Crippen LogP contribution in [0.25, 0.3) is 0 Å². The molecule has 0 aliphatic heterocycles. The third kappa shape index (κ3) is 3.06. The second-order valence-electron chi connectivity index (χ2n) is 4.21. The van der Waals surface area contributed by atoms with Gasteiger partial charge in [0.15, 0.2) is 11.6 Å². The van der Waals surface area contributed by atoms with E-state index < -0.39 is 16.5 Å². The summed E-state index contributed by atoms with van der Waals surface area (Å²) in [5.74, 6) is -0.674. The first-order valence-electron chi connectivity index (χ1n) is 5.99. The monoisotopic (exact) mass is 420 g/mol. The molecule has 0 fully saturated rings. The molecule has 0 radical (unpaired) electrons. The average molecular weight is 422 g/mol. The Bertz CT molecular complexity index is 662. The fraction of sp³-hybridized carbons (Fsp3) is 0.200. The Morgan fingerprint density at radius 3 is 2.33 bits per heavy atom. The average Bonchev–Trinajstić information content (AvgIpc) is 2.49. The maximum atomic E-state index is 13.9. The largest absolute Gasteiger partial charge is 0.495 e. The van der Waals surface area contributed by atoms with E-state index in [0.29, 0.717) is 21.5 Å². The van der Waals surface area contributed by atoms with Crippen molar-refractivity contribution >= 4 is 31.9 Å². The minimum Gasteiger partial charge on any atom is -0.495 e. The molecule has 2 nitrogen and oxygen atoms in total. The number of benzene rings is 2. The van der Waals surface area contributed by atoms with Gasteiger partial charge in [-0.2, -0.15) is 0 Å². The quantitative estimate of drug-likeness (QED) is 0.629. The van der Waals surface area contributed by atoms with Crippen LogP contribution in [0.1, 0.15) is 16.0 Å². The smallest absolute Gasteiger partial charge is 0.163 e. The maximum Gasteiger partial charge on any atom is 0.163 e. The third-order valence-electron chi connectivity index (χ3n) is 3.04. The Hall–Kier alpha value is -1.14. The van der Waals surface area contributed by atoms with Gasteiger partial charge >= 0.3 is 0 Å². The SMILES string of the molecule is COc1ccc(C(Br)c2cccc(F)c2F)c(OC)c1Br. The summed E-state index contributed by atoms with van der Waals surface area (Å²) < 4.78 is 38.5. The van der Waals surface area contributed by atoms with Gasteiger partial charge in [-0.05, 0) is 28.1 Å². The molecular formula is C15H12Br2F2O2. The summed E-state index contributed by atoms with van der Waals surface area (Å²) in [4.78, 5) is -0.551. The number of ether oxygens (including phenoxy) is 2. The normalized spacial score (nSPS) is 12.1. The predicted octanol–water partition coefficient (Wildman–Crippen LogP) is 5.23. The first-order valence-corrected chi connectivity index (χ1v) is 7.70. The zero-order valence-electron chi connectivity index (χ0n) is 11.3. The minimum absolute atomic E-state index is 0.199. The van der Waals surface area contributed by atoms with Crippen LogP contribution in [-0.4, -0.2) is 14.2 Å². The molecule has 1 atom stereocenters. The molecule has 2 aromatic carbocycles. The fourth-order valence-electron chi connectivity index (χ4n) is 2.00. The van der Waals surface area contributed by atoms with E-state index in [-0.39, 0.29) is 5.56 Å². The molecule has 21 heavy (non-hydrogen) atoms. The highest BCUT2D eigenvalue weighted by Crippen LogP contribution is 2.44. The van der Waals surface area contributed by atoms with Crippen LogP contribution < -0.4 is 9.47 Å². The molecule has 1 unspecified atom stereocenters. The third-order valence-corrected chi connectivity index (χ3v) is 4.78. The highest BCUT2D eigenvalue weighted by molar-refractivity contribution is 9.10. The highest BCUT2D eigenvalue weighted by atomic mass is 79.9. The fourth-order valence-corrected chi connectivity index (χ4v) is 3.40. The lowest BCUT2D eigenvalue weighted by molar-refractivity contribution is 0.386. The van der Waals surface area contributed by atoms with E-state index in [4.69, 9.17) is 9.47 Å². The Balaban J connectivity index is 2.56. The van der Waals surface area contributed by atoms with E-state index in [2.05, 4.69) is 31.9 Å². The molecule has 0 amide bonds. The molecule has 112 valence electrons. The maximum absolute atomic E-state index is 13.9. The lowest BCUT2D eigenvalue weighted by Crippen LogP contribution is -2.02. The van der Waals surface area contributed by atoms with Gasteiger partial charge in [0, 0.05) is 11.1 Å². The molecule has 0 bridgehead atoms. The van der Waals surface area contributed by atoms with E-state index >= 15 is 0 Å². The van der Waals surface area contributed by atoms with Crippen LogP contribution in [0, 0.1) is 11.6 Å². The van der Waals surface area contributed by atoms with E-state index in [1.54, 1.807) is 12.1 Å². The van der Waals surface area contributed by atoms with E-state index in [0.717, 1.165) is 6.07 Å². The first-order chi connectivity index (χ1) is 10.0. The van der Waals surface area contributed by atoms with Gasteiger partial charge in [-0.3, -0.25) is 0 Å². The first kappa shape index (κ1) is 16.2. The number of hydrogen-bond acceptors (Lipinski definition) is 2. The molecule has 0 saturated carbocycles. The van der Waals surface area contributed by atoms with Crippen LogP contribution >= 0.6 is 31.9 Å². The molecular weight excluding hydrogens is 410 g/mol. The molecule has 0 aliphatic carbocycles. The van der Waals surface area contributed by atoms with Crippen molar-refractivity contribution in [2.75, 3.05) is 14.2 Å². The lowest BCUT2D eigenvalue weighted by atomic mass is 10.0. The van der Waals surface area contributed by atoms with Crippen molar-refractivity contribution in [3.63, 3.8) is 0 Å². The van der Waals surface area contributed by atoms with Gasteiger partial charge in [0.1, 0.15) is 16.0 Å². The predicted molar refractivity (Wildman–Crippen MR) is 84.4 cm³/mol. The summed E-state index contributed by atoms with van der Waals surface area (Å²) >= 11 is 6.79. The molecule has 0 aliphatic rings. The standard InChI is InChI=1S/C15H12Br2F2O2/c1-20-11-7-6-9(15(21-2)13(11)17)12(16)8-4-3-5-10(18)14(8)19/h3-7,12H,1-2H3. The number of methoxy groups -OCH3 is 2.